The van der Waals surface area contributed by atoms with E-state index in [9.17, 15) is 5.26 Å². The average Bonchev–Trinajstić information content (AvgIpc) is 3.17. The van der Waals surface area contributed by atoms with Crippen molar-refractivity contribution in [1.29, 1.82) is 5.26 Å². The monoisotopic (exact) mass is 279 g/mol. The molecular weight excluding hydrogens is 250 g/mol. The summed E-state index contributed by atoms with van der Waals surface area (Å²) < 4.78 is 5.75. The van der Waals surface area contributed by atoms with Gasteiger partial charge in [0.15, 0.2) is 0 Å². The fourth-order valence-corrected chi connectivity index (χ4v) is 3.12. The Labute approximate surface area is 123 Å². The van der Waals surface area contributed by atoms with Crippen LogP contribution in [-0.2, 0) is 4.74 Å². The number of nitriles is 1. The van der Waals surface area contributed by atoms with Gasteiger partial charge >= 0.3 is 0 Å². The van der Waals surface area contributed by atoms with Gasteiger partial charge in [0.25, 0.3) is 0 Å². The van der Waals surface area contributed by atoms with E-state index >= 15 is 0 Å². The zero-order valence-corrected chi connectivity index (χ0v) is 13.2. The molecule has 1 saturated heterocycles. The number of rotatable bonds is 7. The molecule has 0 aromatic heterocycles. The number of unbranched alkanes of at least 4 members (excludes halogenated alkanes) is 1. The molecule has 0 aromatic carbocycles. The van der Waals surface area contributed by atoms with E-state index in [0.717, 1.165) is 32.5 Å². The molecule has 1 aliphatic heterocycles. The van der Waals surface area contributed by atoms with Crippen molar-refractivity contribution in [3.05, 3.63) is 0 Å². The summed E-state index contributed by atoms with van der Waals surface area (Å²) in [5, 5.41) is 12.8. The second-order valence-electron chi connectivity index (χ2n) is 6.84. The first-order valence-corrected chi connectivity index (χ1v) is 8.07. The molecular formula is C16H29N3O. The van der Waals surface area contributed by atoms with Gasteiger partial charge in [0.1, 0.15) is 5.54 Å². The summed E-state index contributed by atoms with van der Waals surface area (Å²) in [5.74, 6) is 0. The maximum Gasteiger partial charge on any atom is 0.104 e. The zero-order chi connectivity index (χ0) is 14.6. The van der Waals surface area contributed by atoms with Crippen LogP contribution in [0.15, 0.2) is 0 Å². The summed E-state index contributed by atoms with van der Waals surface area (Å²) in [6, 6.07) is 3.06. The standard InChI is InChI=1S/C16H29N3O/c1-13-10-19(11-14(2)20-13)9-5-4-8-16(3,12-17)18-15-6-7-15/h13-15,18H,4-11H2,1-3H3. The number of hydrogen-bond acceptors (Lipinski definition) is 4. The summed E-state index contributed by atoms with van der Waals surface area (Å²) in [4.78, 5) is 2.50. The molecule has 3 atom stereocenters. The molecule has 2 aliphatic rings. The molecule has 0 bridgehead atoms. The van der Waals surface area contributed by atoms with E-state index < -0.39 is 0 Å². The van der Waals surface area contributed by atoms with E-state index in [1.807, 2.05) is 6.92 Å². The van der Waals surface area contributed by atoms with Gasteiger partial charge < -0.3 is 4.74 Å². The lowest BCUT2D eigenvalue weighted by Crippen LogP contribution is -2.46. The minimum absolute atomic E-state index is 0.327. The van der Waals surface area contributed by atoms with Crippen molar-refractivity contribution in [3.63, 3.8) is 0 Å². The SMILES string of the molecule is CC1CN(CCCCC(C)(C#N)NC2CC2)CC(C)O1. The Hall–Kier alpha value is -0.630. The smallest absolute Gasteiger partial charge is 0.104 e. The average molecular weight is 279 g/mol. The molecule has 1 heterocycles. The molecule has 0 spiro atoms. The first-order valence-electron chi connectivity index (χ1n) is 8.07. The summed E-state index contributed by atoms with van der Waals surface area (Å²) in [7, 11) is 0. The first kappa shape index (κ1) is 15.8. The van der Waals surface area contributed by atoms with Crippen LogP contribution in [0.4, 0.5) is 0 Å². The third-order valence-electron chi connectivity index (χ3n) is 4.24. The molecule has 3 unspecified atom stereocenters. The quantitative estimate of drug-likeness (QED) is 0.727. The van der Waals surface area contributed by atoms with Gasteiger partial charge in [0, 0.05) is 19.1 Å². The van der Waals surface area contributed by atoms with Crippen molar-refractivity contribution in [2.45, 2.75) is 76.7 Å². The third kappa shape index (κ3) is 5.05. The van der Waals surface area contributed by atoms with Gasteiger partial charge in [-0.05, 0) is 59.4 Å². The molecule has 4 nitrogen and oxygen atoms in total. The van der Waals surface area contributed by atoms with Gasteiger partial charge in [-0.25, -0.2) is 0 Å². The zero-order valence-electron chi connectivity index (χ0n) is 13.2. The highest BCUT2D eigenvalue weighted by molar-refractivity contribution is 5.06. The van der Waals surface area contributed by atoms with Gasteiger partial charge in [-0.15, -0.1) is 0 Å². The lowest BCUT2D eigenvalue weighted by molar-refractivity contribution is -0.0682. The van der Waals surface area contributed by atoms with Gasteiger partial charge in [-0.2, -0.15) is 5.26 Å². The summed E-state index contributed by atoms with van der Waals surface area (Å²) in [6.45, 7) is 9.55. The Balaban J connectivity index is 1.63. The van der Waals surface area contributed by atoms with Crippen LogP contribution in [0.5, 0.6) is 0 Å². The Morgan fingerprint density at radius 1 is 1.25 bits per heavy atom. The van der Waals surface area contributed by atoms with Gasteiger partial charge in [0.05, 0.1) is 18.3 Å². The van der Waals surface area contributed by atoms with Crippen LogP contribution >= 0.6 is 0 Å². The van der Waals surface area contributed by atoms with Crippen molar-refractivity contribution in [3.8, 4) is 6.07 Å². The molecule has 1 saturated carbocycles. The molecule has 2 fully saturated rings. The van der Waals surface area contributed by atoms with Crippen molar-refractivity contribution >= 4 is 0 Å². The van der Waals surface area contributed by atoms with E-state index in [1.54, 1.807) is 0 Å². The van der Waals surface area contributed by atoms with E-state index in [4.69, 9.17) is 4.74 Å². The Bertz CT molecular complexity index is 340. The minimum Gasteiger partial charge on any atom is -0.373 e. The van der Waals surface area contributed by atoms with E-state index in [-0.39, 0.29) is 5.54 Å². The number of ether oxygens (including phenoxy) is 1. The lowest BCUT2D eigenvalue weighted by Gasteiger charge is -2.35. The van der Waals surface area contributed by atoms with Gasteiger partial charge in [0.2, 0.25) is 0 Å². The van der Waals surface area contributed by atoms with Crippen LogP contribution < -0.4 is 5.32 Å². The van der Waals surface area contributed by atoms with Gasteiger partial charge in [-0.1, -0.05) is 0 Å². The predicted molar refractivity (Wildman–Crippen MR) is 80.5 cm³/mol. The molecule has 0 amide bonds. The second-order valence-corrected chi connectivity index (χ2v) is 6.84. The van der Waals surface area contributed by atoms with Crippen LogP contribution in [0.1, 0.15) is 52.9 Å². The highest BCUT2D eigenvalue weighted by atomic mass is 16.5. The van der Waals surface area contributed by atoms with Crippen LogP contribution in [-0.4, -0.2) is 48.3 Å². The maximum atomic E-state index is 9.34. The molecule has 114 valence electrons. The minimum atomic E-state index is -0.327. The fourth-order valence-electron chi connectivity index (χ4n) is 3.12. The number of hydrogen-bond donors (Lipinski definition) is 1. The van der Waals surface area contributed by atoms with Crippen LogP contribution in [0, 0.1) is 11.3 Å². The summed E-state index contributed by atoms with van der Waals surface area (Å²) >= 11 is 0. The Morgan fingerprint density at radius 2 is 1.90 bits per heavy atom. The predicted octanol–water partition coefficient (Wildman–Crippen LogP) is 2.30. The van der Waals surface area contributed by atoms with Crippen LogP contribution in [0.3, 0.4) is 0 Å². The molecule has 4 heteroatoms. The first-order chi connectivity index (χ1) is 9.50. The number of nitrogens with zero attached hydrogens (tertiary/aromatic N) is 2. The number of morpholine rings is 1. The third-order valence-corrected chi connectivity index (χ3v) is 4.24. The largest absolute Gasteiger partial charge is 0.373 e. The molecule has 0 aromatic rings. The van der Waals surface area contributed by atoms with Crippen LogP contribution in [0.2, 0.25) is 0 Å². The van der Waals surface area contributed by atoms with E-state index in [2.05, 4.69) is 30.1 Å². The molecule has 20 heavy (non-hydrogen) atoms. The fraction of sp³-hybridized carbons (Fsp3) is 0.938. The Kier molecular flexibility index (Phi) is 5.42. The normalized spacial score (nSPS) is 30.7. The molecule has 1 N–H and O–H groups in total. The van der Waals surface area contributed by atoms with Crippen molar-refractivity contribution < 1.29 is 4.74 Å². The maximum absolute atomic E-state index is 9.34. The van der Waals surface area contributed by atoms with Crippen molar-refractivity contribution in [2.24, 2.45) is 0 Å². The van der Waals surface area contributed by atoms with Crippen LogP contribution in [0.25, 0.3) is 0 Å². The van der Waals surface area contributed by atoms with Crippen molar-refractivity contribution in [1.82, 2.24) is 10.2 Å². The van der Waals surface area contributed by atoms with E-state index in [1.165, 1.54) is 19.3 Å². The highest BCUT2D eigenvalue weighted by Crippen LogP contribution is 2.24. The second kappa shape index (κ2) is 6.89. The van der Waals surface area contributed by atoms with E-state index in [0.29, 0.717) is 18.2 Å². The topological polar surface area (TPSA) is 48.3 Å². The number of nitrogens with one attached hydrogen (secondary N) is 1. The lowest BCUT2D eigenvalue weighted by atomic mass is 9.96. The highest BCUT2D eigenvalue weighted by Gasteiger charge is 2.32. The summed E-state index contributed by atoms with van der Waals surface area (Å²) in [5.41, 5.74) is -0.327. The van der Waals surface area contributed by atoms with Gasteiger partial charge in [-0.3, -0.25) is 10.2 Å². The molecule has 1 aliphatic carbocycles. The molecule has 0 radical (unpaired) electrons. The Morgan fingerprint density at radius 3 is 2.45 bits per heavy atom. The molecule has 2 rings (SSSR count). The summed E-state index contributed by atoms with van der Waals surface area (Å²) in [6.07, 6.45) is 6.41. The van der Waals surface area contributed by atoms with Crippen molar-refractivity contribution in [2.75, 3.05) is 19.6 Å².